The van der Waals surface area contributed by atoms with Crippen molar-refractivity contribution >= 4 is 39.1 Å². The van der Waals surface area contributed by atoms with Gasteiger partial charge in [0.1, 0.15) is 5.75 Å². The van der Waals surface area contributed by atoms with Gasteiger partial charge in [0.25, 0.3) is 0 Å². The second-order valence-electron chi connectivity index (χ2n) is 4.11. The van der Waals surface area contributed by atoms with Gasteiger partial charge in [0, 0.05) is 15.9 Å². The number of benzene rings is 1. The Balaban J connectivity index is 3.01. The standard InChI is InChI=1S/C12H15BrCl2O/c1-7(2)4-9(13)8-5-11(15)12(16-3)6-10(8)14/h5-7,9H,4H2,1-3H3. The Labute approximate surface area is 115 Å². The Hall–Kier alpha value is 0.0800. The molecule has 1 nitrogen and oxygen atoms in total. The Kier molecular flexibility index (Phi) is 5.42. The summed E-state index contributed by atoms with van der Waals surface area (Å²) >= 11 is 15.9. The molecule has 0 spiro atoms. The molecule has 1 aromatic carbocycles. The minimum atomic E-state index is 0.225. The first kappa shape index (κ1) is 14.1. The summed E-state index contributed by atoms with van der Waals surface area (Å²) < 4.78 is 5.11. The average Bonchev–Trinajstić information content (AvgIpc) is 2.19. The Morgan fingerprint density at radius 3 is 2.38 bits per heavy atom. The minimum Gasteiger partial charge on any atom is -0.495 e. The van der Waals surface area contributed by atoms with Crippen molar-refractivity contribution in [2.75, 3.05) is 7.11 Å². The maximum atomic E-state index is 6.19. The third-order valence-corrected chi connectivity index (χ3v) is 3.78. The second kappa shape index (κ2) is 6.13. The van der Waals surface area contributed by atoms with Gasteiger partial charge in [-0.1, -0.05) is 53.0 Å². The maximum Gasteiger partial charge on any atom is 0.138 e. The zero-order valence-electron chi connectivity index (χ0n) is 9.56. The Bertz CT molecular complexity index is 366. The van der Waals surface area contributed by atoms with Crippen LogP contribution in [0.1, 0.15) is 30.7 Å². The lowest BCUT2D eigenvalue weighted by atomic mass is 10.0. The van der Waals surface area contributed by atoms with Gasteiger partial charge < -0.3 is 4.74 Å². The van der Waals surface area contributed by atoms with Crippen molar-refractivity contribution in [2.45, 2.75) is 25.1 Å². The molecule has 0 bridgehead atoms. The molecule has 0 amide bonds. The molecule has 0 aliphatic carbocycles. The van der Waals surface area contributed by atoms with Crippen molar-refractivity contribution in [3.8, 4) is 5.75 Å². The summed E-state index contributed by atoms with van der Waals surface area (Å²) in [5.41, 5.74) is 1.01. The summed E-state index contributed by atoms with van der Waals surface area (Å²) in [5, 5.41) is 1.28. The first-order valence-electron chi connectivity index (χ1n) is 5.12. The molecule has 0 aliphatic rings. The molecule has 0 fully saturated rings. The molecule has 0 aliphatic heterocycles. The van der Waals surface area contributed by atoms with Gasteiger partial charge in [-0.05, 0) is 24.0 Å². The van der Waals surface area contributed by atoms with Crippen LogP contribution in [0.4, 0.5) is 0 Å². The molecule has 90 valence electrons. The SMILES string of the molecule is COc1cc(Cl)c(C(Br)CC(C)C)cc1Cl. The van der Waals surface area contributed by atoms with E-state index >= 15 is 0 Å². The molecule has 1 unspecified atom stereocenters. The van der Waals surface area contributed by atoms with Gasteiger partial charge in [0.05, 0.1) is 12.1 Å². The molecule has 0 saturated carbocycles. The number of hydrogen-bond donors (Lipinski definition) is 0. The number of ether oxygens (including phenoxy) is 1. The second-order valence-corrected chi connectivity index (χ2v) is 6.03. The molecule has 4 heteroatoms. The molecule has 0 heterocycles. The van der Waals surface area contributed by atoms with Crippen LogP contribution in [0.25, 0.3) is 0 Å². The molecular formula is C12H15BrCl2O. The van der Waals surface area contributed by atoms with E-state index in [9.17, 15) is 0 Å². The van der Waals surface area contributed by atoms with Gasteiger partial charge in [-0.2, -0.15) is 0 Å². The smallest absolute Gasteiger partial charge is 0.138 e. The van der Waals surface area contributed by atoms with Gasteiger partial charge >= 0.3 is 0 Å². The van der Waals surface area contributed by atoms with Crippen LogP contribution in [0.5, 0.6) is 5.75 Å². The Morgan fingerprint density at radius 2 is 1.88 bits per heavy atom. The van der Waals surface area contributed by atoms with Crippen molar-refractivity contribution < 1.29 is 4.74 Å². The molecule has 0 saturated heterocycles. The van der Waals surface area contributed by atoms with Crippen LogP contribution in [0.15, 0.2) is 12.1 Å². The predicted octanol–water partition coefficient (Wildman–Crippen LogP) is 5.48. The van der Waals surface area contributed by atoms with E-state index in [4.69, 9.17) is 27.9 Å². The fourth-order valence-electron chi connectivity index (χ4n) is 1.48. The highest BCUT2D eigenvalue weighted by atomic mass is 79.9. The lowest BCUT2D eigenvalue weighted by Gasteiger charge is -2.15. The van der Waals surface area contributed by atoms with Crippen molar-refractivity contribution in [1.82, 2.24) is 0 Å². The quantitative estimate of drug-likeness (QED) is 0.665. The molecule has 16 heavy (non-hydrogen) atoms. The van der Waals surface area contributed by atoms with Crippen molar-refractivity contribution in [3.05, 3.63) is 27.7 Å². The van der Waals surface area contributed by atoms with E-state index in [1.54, 1.807) is 13.2 Å². The molecule has 1 atom stereocenters. The van der Waals surface area contributed by atoms with E-state index < -0.39 is 0 Å². The van der Waals surface area contributed by atoms with Gasteiger partial charge in [-0.15, -0.1) is 0 Å². The minimum absolute atomic E-state index is 0.225. The molecule has 1 rings (SSSR count). The summed E-state index contributed by atoms with van der Waals surface area (Å²) in [6.07, 6.45) is 1.02. The fourth-order valence-corrected chi connectivity index (χ4v) is 3.27. The molecule has 0 radical (unpaired) electrons. The van der Waals surface area contributed by atoms with Gasteiger partial charge in [-0.3, -0.25) is 0 Å². The highest BCUT2D eigenvalue weighted by molar-refractivity contribution is 9.09. The van der Waals surface area contributed by atoms with E-state index in [0.29, 0.717) is 21.7 Å². The normalized spacial score (nSPS) is 12.9. The topological polar surface area (TPSA) is 9.23 Å². The summed E-state index contributed by atoms with van der Waals surface area (Å²) in [5.74, 6) is 1.21. The average molecular weight is 326 g/mol. The number of halogens is 3. The lowest BCUT2D eigenvalue weighted by molar-refractivity contribution is 0.415. The van der Waals surface area contributed by atoms with E-state index in [2.05, 4.69) is 29.8 Å². The van der Waals surface area contributed by atoms with Crippen LogP contribution in [-0.2, 0) is 0 Å². The van der Waals surface area contributed by atoms with Crippen LogP contribution in [0.3, 0.4) is 0 Å². The van der Waals surface area contributed by atoms with Crippen molar-refractivity contribution in [2.24, 2.45) is 5.92 Å². The monoisotopic (exact) mass is 324 g/mol. The van der Waals surface area contributed by atoms with Gasteiger partial charge in [0.2, 0.25) is 0 Å². The van der Waals surface area contributed by atoms with Crippen LogP contribution < -0.4 is 4.74 Å². The van der Waals surface area contributed by atoms with Gasteiger partial charge in [0.15, 0.2) is 0 Å². The summed E-state index contributed by atoms with van der Waals surface area (Å²) in [6.45, 7) is 4.35. The first-order chi connectivity index (χ1) is 7.45. The summed E-state index contributed by atoms with van der Waals surface area (Å²) in [4.78, 5) is 0.225. The Morgan fingerprint density at radius 1 is 1.25 bits per heavy atom. The van der Waals surface area contributed by atoms with Crippen LogP contribution >= 0.6 is 39.1 Å². The third-order valence-electron chi connectivity index (χ3n) is 2.29. The fraction of sp³-hybridized carbons (Fsp3) is 0.500. The molecule has 0 aromatic heterocycles. The third kappa shape index (κ3) is 3.54. The van der Waals surface area contributed by atoms with E-state index in [1.807, 2.05) is 6.07 Å². The largest absolute Gasteiger partial charge is 0.495 e. The highest BCUT2D eigenvalue weighted by Crippen LogP contribution is 2.39. The van der Waals surface area contributed by atoms with Crippen LogP contribution in [-0.4, -0.2) is 7.11 Å². The van der Waals surface area contributed by atoms with Crippen LogP contribution in [0, 0.1) is 5.92 Å². The zero-order chi connectivity index (χ0) is 12.3. The summed E-state index contributed by atoms with van der Waals surface area (Å²) in [6, 6.07) is 3.62. The van der Waals surface area contributed by atoms with Crippen molar-refractivity contribution in [1.29, 1.82) is 0 Å². The molecule has 0 N–H and O–H groups in total. The van der Waals surface area contributed by atoms with E-state index in [-0.39, 0.29) is 4.83 Å². The number of rotatable bonds is 4. The highest BCUT2D eigenvalue weighted by Gasteiger charge is 2.16. The van der Waals surface area contributed by atoms with E-state index in [0.717, 1.165) is 12.0 Å². The number of hydrogen-bond acceptors (Lipinski definition) is 1. The molecular weight excluding hydrogens is 311 g/mol. The number of alkyl halides is 1. The lowest BCUT2D eigenvalue weighted by Crippen LogP contribution is -1.98. The van der Waals surface area contributed by atoms with Crippen LogP contribution in [0.2, 0.25) is 10.0 Å². The maximum absolute atomic E-state index is 6.19. The summed E-state index contributed by atoms with van der Waals surface area (Å²) in [7, 11) is 1.58. The van der Waals surface area contributed by atoms with Crippen molar-refractivity contribution in [3.63, 3.8) is 0 Å². The van der Waals surface area contributed by atoms with Gasteiger partial charge in [-0.25, -0.2) is 0 Å². The molecule has 1 aromatic rings. The van der Waals surface area contributed by atoms with E-state index in [1.165, 1.54) is 0 Å². The predicted molar refractivity (Wildman–Crippen MR) is 74.1 cm³/mol. The number of methoxy groups -OCH3 is 1. The first-order valence-corrected chi connectivity index (χ1v) is 6.79. The zero-order valence-corrected chi connectivity index (χ0v) is 12.7.